The van der Waals surface area contributed by atoms with Gasteiger partial charge in [0.1, 0.15) is 5.69 Å². The molecule has 2 aliphatic heterocycles. The van der Waals surface area contributed by atoms with E-state index in [4.69, 9.17) is 11.6 Å². The molecule has 232 valence electrons. The summed E-state index contributed by atoms with van der Waals surface area (Å²) >= 11 is 6.25. The highest BCUT2D eigenvalue weighted by Crippen LogP contribution is 2.42. The molecule has 0 bridgehead atoms. The summed E-state index contributed by atoms with van der Waals surface area (Å²) in [6.45, 7) is 9.21. The summed E-state index contributed by atoms with van der Waals surface area (Å²) in [4.78, 5) is 43.9. The highest BCUT2D eigenvalue weighted by atomic mass is 35.5. The molecular formula is C35H42ClN5O3. The van der Waals surface area contributed by atoms with Crippen LogP contribution >= 0.6 is 11.6 Å². The number of benzene rings is 2. The fourth-order valence-electron chi connectivity index (χ4n) is 7.01. The Morgan fingerprint density at radius 1 is 0.909 bits per heavy atom. The zero-order chi connectivity index (χ0) is 31.2. The van der Waals surface area contributed by atoms with Gasteiger partial charge in [-0.1, -0.05) is 50.6 Å². The standard InChI is InChI=1S/C35H42ClN5O3/c1-34(2,3)30-22-29(39(4)38-30)33(44)41-19-15-35(16-20-41)13-17-40(18-14-35)32(43)24-10-9-23-11-12-28(26(23)21-24)37-31(42)25-7-5-6-8-27(25)36/h5-10,21-22,28H,11-20H2,1-4H3,(H,37,42). The van der Waals surface area contributed by atoms with Crippen molar-refractivity contribution < 1.29 is 14.4 Å². The number of piperidine rings is 2. The molecule has 0 saturated carbocycles. The van der Waals surface area contributed by atoms with Crippen LogP contribution in [0.4, 0.5) is 0 Å². The number of amides is 3. The second-order valence-corrected chi connectivity index (χ2v) is 14.2. The number of likely N-dealkylation sites (tertiary alicyclic amines) is 2. The van der Waals surface area contributed by atoms with Gasteiger partial charge in [-0.15, -0.1) is 0 Å². The lowest BCUT2D eigenvalue weighted by molar-refractivity contribution is 0.0276. The van der Waals surface area contributed by atoms with Crippen LogP contribution in [0.3, 0.4) is 0 Å². The smallest absolute Gasteiger partial charge is 0.272 e. The summed E-state index contributed by atoms with van der Waals surface area (Å²) in [7, 11) is 1.85. The molecule has 3 aliphatic rings. The van der Waals surface area contributed by atoms with Gasteiger partial charge in [0.05, 0.1) is 22.3 Å². The second-order valence-electron chi connectivity index (χ2n) is 13.8. The number of aromatic nitrogens is 2. The number of aryl methyl sites for hydroxylation is 2. The first kappa shape index (κ1) is 30.4. The number of carbonyl (C=O) groups excluding carboxylic acids is 3. The predicted molar refractivity (Wildman–Crippen MR) is 171 cm³/mol. The molecule has 1 unspecified atom stereocenters. The third-order valence-electron chi connectivity index (χ3n) is 9.98. The number of nitrogens with zero attached hydrogens (tertiary/aromatic N) is 4. The van der Waals surface area contributed by atoms with E-state index in [1.54, 1.807) is 28.9 Å². The Balaban J connectivity index is 1.05. The van der Waals surface area contributed by atoms with E-state index in [-0.39, 0.29) is 34.6 Å². The maximum atomic E-state index is 13.6. The first-order valence-electron chi connectivity index (χ1n) is 15.8. The van der Waals surface area contributed by atoms with Gasteiger partial charge in [0.25, 0.3) is 17.7 Å². The number of halogens is 1. The van der Waals surface area contributed by atoms with E-state index in [0.717, 1.165) is 62.9 Å². The molecule has 1 aliphatic carbocycles. The van der Waals surface area contributed by atoms with Crippen LogP contribution in [0.25, 0.3) is 0 Å². The molecule has 1 aromatic heterocycles. The number of rotatable bonds is 4. The van der Waals surface area contributed by atoms with E-state index < -0.39 is 0 Å². The van der Waals surface area contributed by atoms with E-state index in [9.17, 15) is 14.4 Å². The lowest BCUT2D eigenvalue weighted by Gasteiger charge is -2.46. The van der Waals surface area contributed by atoms with E-state index >= 15 is 0 Å². The highest BCUT2D eigenvalue weighted by Gasteiger charge is 2.40. The molecule has 3 heterocycles. The average molecular weight is 616 g/mol. The first-order valence-corrected chi connectivity index (χ1v) is 16.1. The number of hydrogen-bond acceptors (Lipinski definition) is 4. The predicted octanol–water partition coefficient (Wildman–Crippen LogP) is 5.95. The molecular weight excluding hydrogens is 574 g/mol. The van der Waals surface area contributed by atoms with Gasteiger partial charge in [-0.2, -0.15) is 5.10 Å². The SMILES string of the molecule is Cn1nc(C(C)(C)C)cc1C(=O)N1CCC2(CCN(C(=O)c3ccc4c(c3)C(NC(=O)c3ccccc3Cl)CC4)CC2)CC1. The summed E-state index contributed by atoms with van der Waals surface area (Å²) in [6, 6.07) is 14.8. The zero-order valence-corrected chi connectivity index (χ0v) is 26.9. The Kier molecular flexibility index (Phi) is 8.07. The van der Waals surface area contributed by atoms with Crippen molar-refractivity contribution in [2.24, 2.45) is 12.5 Å². The molecule has 8 nitrogen and oxygen atoms in total. The minimum absolute atomic E-state index is 0.0456. The minimum Gasteiger partial charge on any atom is -0.345 e. The van der Waals surface area contributed by atoms with Gasteiger partial charge in [0, 0.05) is 44.2 Å². The van der Waals surface area contributed by atoms with Crippen LogP contribution in [0.2, 0.25) is 5.02 Å². The summed E-state index contributed by atoms with van der Waals surface area (Å²) in [5.74, 6) is -0.102. The molecule has 2 fully saturated rings. The quantitative estimate of drug-likeness (QED) is 0.393. The molecule has 3 amide bonds. The third-order valence-corrected chi connectivity index (χ3v) is 10.3. The molecule has 1 spiro atoms. The summed E-state index contributed by atoms with van der Waals surface area (Å²) in [6.07, 6.45) is 5.46. The van der Waals surface area contributed by atoms with Crippen molar-refractivity contribution in [3.8, 4) is 0 Å². The maximum absolute atomic E-state index is 13.6. The van der Waals surface area contributed by atoms with Crippen molar-refractivity contribution in [3.63, 3.8) is 0 Å². The van der Waals surface area contributed by atoms with Crippen molar-refractivity contribution in [2.45, 2.75) is 70.8 Å². The third kappa shape index (κ3) is 5.88. The number of hydrogen-bond donors (Lipinski definition) is 1. The first-order chi connectivity index (χ1) is 20.9. The van der Waals surface area contributed by atoms with E-state index in [1.807, 2.05) is 41.1 Å². The Bertz CT molecular complexity index is 1590. The van der Waals surface area contributed by atoms with Crippen LogP contribution in [0.5, 0.6) is 0 Å². The van der Waals surface area contributed by atoms with E-state index in [2.05, 4.69) is 31.2 Å². The molecule has 2 aromatic carbocycles. The van der Waals surface area contributed by atoms with Crippen molar-refractivity contribution >= 4 is 29.3 Å². The fourth-order valence-corrected chi connectivity index (χ4v) is 7.23. The molecule has 44 heavy (non-hydrogen) atoms. The largest absolute Gasteiger partial charge is 0.345 e. The average Bonchev–Trinajstić information content (AvgIpc) is 3.60. The van der Waals surface area contributed by atoms with Crippen molar-refractivity contribution in [2.75, 3.05) is 26.2 Å². The molecule has 9 heteroatoms. The topological polar surface area (TPSA) is 87.5 Å². The van der Waals surface area contributed by atoms with Crippen molar-refractivity contribution in [1.82, 2.24) is 24.9 Å². The molecule has 1 atom stereocenters. The molecule has 3 aromatic rings. The van der Waals surface area contributed by atoms with Gasteiger partial charge in [0.2, 0.25) is 0 Å². The van der Waals surface area contributed by atoms with Gasteiger partial charge >= 0.3 is 0 Å². The second kappa shape index (κ2) is 11.7. The summed E-state index contributed by atoms with van der Waals surface area (Å²) in [5, 5.41) is 8.15. The van der Waals surface area contributed by atoms with Crippen LogP contribution < -0.4 is 5.32 Å². The van der Waals surface area contributed by atoms with Gasteiger partial charge in [-0.25, -0.2) is 0 Å². The fraction of sp³-hybridized carbons (Fsp3) is 0.486. The van der Waals surface area contributed by atoms with Crippen LogP contribution in [0.15, 0.2) is 48.5 Å². The zero-order valence-electron chi connectivity index (χ0n) is 26.2. The molecule has 2 saturated heterocycles. The number of carbonyl (C=O) groups is 3. The van der Waals surface area contributed by atoms with Crippen LogP contribution in [-0.2, 0) is 18.9 Å². The van der Waals surface area contributed by atoms with Gasteiger partial charge in [0.15, 0.2) is 0 Å². The van der Waals surface area contributed by atoms with E-state index in [1.165, 1.54) is 5.56 Å². The van der Waals surface area contributed by atoms with Crippen LogP contribution in [-0.4, -0.2) is 63.5 Å². The normalized spacial score (nSPS) is 19.6. The molecule has 6 rings (SSSR count). The maximum Gasteiger partial charge on any atom is 0.272 e. The van der Waals surface area contributed by atoms with E-state index in [0.29, 0.717) is 34.9 Å². The van der Waals surface area contributed by atoms with Crippen LogP contribution in [0, 0.1) is 5.41 Å². The van der Waals surface area contributed by atoms with Crippen molar-refractivity contribution in [3.05, 3.63) is 87.2 Å². The van der Waals surface area contributed by atoms with Gasteiger partial charge in [-0.05, 0) is 85.4 Å². The number of nitrogens with one attached hydrogen (secondary N) is 1. The van der Waals surface area contributed by atoms with Crippen molar-refractivity contribution in [1.29, 1.82) is 0 Å². The molecule has 0 radical (unpaired) electrons. The Morgan fingerprint density at radius 3 is 2.16 bits per heavy atom. The molecule has 1 N–H and O–H groups in total. The van der Waals surface area contributed by atoms with Gasteiger partial charge in [-0.3, -0.25) is 19.1 Å². The minimum atomic E-state index is -0.200. The Labute approximate surface area is 264 Å². The monoisotopic (exact) mass is 615 g/mol. The summed E-state index contributed by atoms with van der Waals surface area (Å²) < 4.78 is 1.71. The van der Waals surface area contributed by atoms with Crippen LogP contribution in [0.1, 0.15) is 107 Å². The number of fused-ring (bicyclic) bond motifs is 1. The lowest BCUT2D eigenvalue weighted by atomic mass is 9.71. The summed E-state index contributed by atoms with van der Waals surface area (Å²) in [5.41, 5.74) is 4.95. The Morgan fingerprint density at radius 2 is 1.55 bits per heavy atom. The Hall–Kier alpha value is -3.65. The van der Waals surface area contributed by atoms with Gasteiger partial charge < -0.3 is 15.1 Å². The lowest BCUT2D eigenvalue weighted by Crippen LogP contribution is -2.49. The highest BCUT2D eigenvalue weighted by molar-refractivity contribution is 6.33.